The molecule has 0 aliphatic carbocycles. The third-order valence-electron chi connectivity index (χ3n) is 3.13. The number of benzene rings is 2. The molecule has 0 saturated heterocycles. The molecule has 0 saturated carbocycles. The van der Waals surface area contributed by atoms with E-state index in [1.807, 2.05) is 0 Å². The van der Waals surface area contributed by atoms with Crippen LogP contribution < -0.4 is 0 Å². The Morgan fingerprint density at radius 1 is 1.15 bits per heavy atom. The van der Waals surface area contributed by atoms with E-state index in [0.29, 0.717) is 11.1 Å². The van der Waals surface area contributed by atoms with Crippen molar-refractivity contribution < 1.29 is 18.3 Å². The Morgan fingerprint density at radius 3 is 2.50 bits per heavy atom. The lowest BCUT2D eigenvalue weighted by atomic mass is 9.97. The molecule has 0 spiro atoms. The molecular weight excluding hydrogens is 333 g/mol. The number of rotatable bonds is 3. The van der Waals surface area contributed by atoms with Gasteiger partial charge in [0.15, 0.2) is 0 Å². The van der Waals surface area contributed by atoms with Crippen molar-refractivity contribution in [3.63, 3.8) is 0 Å². The lowest BCUT2D eigenvalue weighted by molar-refractivity contribution is 0.174. The van der Waals surface area contributed by atoms with Crippen LogP contribution in [0.25, 0.3) is 0 Å². The van der Waals surface area contributed by atoms with Gasteiger partial charge in [-0.3, -0.25) is 0 Å². The highest BCUT2D eigenvalue weighted by Crippen LogP contribution is 2.28. The van der Waals surface area contributed by atoms with Crippen LogP contribution in [-0.2, 0) is 6.42 Å². The molecule has 1 N–H and O–H groups in total. The predicted molar refractivity (Wildman–Crippen MR) is 73.9 cm³/mol. The first-order valence-corrected chi connectivity index (χ1v) is 6.76. The van der Waals surface area contributed by atoms with Gasteiger partial charge in [0.1, 0.15) is 17.5 Å². The highest BCUT2D eigenvalue weighted by Gasteiger charge is 2.18. The van der Waals surface area contributed by atoms with Gasteiger partial charge in [-0.1, -0.05) is 6.07 Å². The smallest absolute Gasteiger partial charge is 0.143 e. The van der Waals surface area contributed by atoms with Crippen LogP contribution in [0.5, 0.6) is 0 Å². The third kappa shape index (κ3) is 3.04. The monoisotopic (exact) mass is 344 g/mol. The van der Waals surface area contributed by atoms with Gasteiger partial charge < -0.3 is 5.11 Å². The van der Waals surface area contributed by atoms with Crippen molar-refractivity contribution in [1.82, 2.24) is 0 Å². The zero-order valence-electron chi connectivity index (χ0n) is 10.6. The summed E-state index contributed by atoms with van der Waals surface area (Å²) < 4.78 is 40.6. The van der Waals surface area contributed by atoms with Crippen molar-refractivity contribution in [2.24, 2.45) is 0 Å². The van der Waals surface area contributed by atoms with Crippen LogP contribution in [-0.4, -0.2) is 5.11 Å². The Bertz CT molecular complexity index is 643. The minimum atomic E-state index is -1.10. The first-order chi connectivity index (χ1) is 9.40. The molecule has 2 aromatic rings. The molecule has 5 heteroatoms. The van der Waals surface area contributed by atoms with Gasteiger partial charge in [-0.25, -0.2) is 13.2 Å². The third-order valence-corrected chi connectivity index (χ3v) is 3.74. The Labute approximate surface area is 123 Å². The number of aliphatic hydroxyl groups excluding tert-OH is 1. The van der Waals surface area contributed by atoms with E-state index in [0.717, 1.165) is 6.07 Å². The molecule has 0 fully saturated rings. The Hall–Kier alpha value is -1.33. The highest BCUT2D eigenvalue weighted by atomic mass is 79.9. The van der Waals surface area contributed by atoms with Crippen LogP contribution in [0.2, 0.25) is 0 Å². The summed E-state index contributed by atoms with van der Waals surface area (Å²) in [5, 5.41) is 10.1. The maximum absolute atomic E-state index is 13.8. The van der Waals surface area contributed by atoms with Gasteiger partial charge in [-0.05, 0) is 58.2 Å². The first-order valence-electron chi connectivity index (χ1n) is 5.96. The molecule has 0 bridgehead atoms. The quantitative estimate of drug-likeness (QED) is 0.815. The molecule has 0 amide bonds. The van der Waals surface area contributed by atoms with Crippen molar-refractivity contribution in [1.29, 1.82) is 0 Å². The highest BCUT2D eigenvalue weighted by molar-refractivity contribution is 9.10. The normalized spacial score (nSPS) is 12.5. The van der Waals surface area contributed by atoms with Crippen LogP contribution in [0, 0.1) is 24.4 Å². The van der Waals surface area contributed by atoms with Crippen LogP contribution in [0.15, 0.2) is 34.8 Å². The Morgan fingerprint density at radius 2 is 1.85 bits per heavy atom. The molecule has 2 aromatic carbocycles. The van der Waals surface area contributed by atoms with Gasteiger partial charge in [0.25, 0.3) is 0 Å². The molecule has 0 aliphatic rings. The molecule has 0 heterocycles. The van der Waals surface area contributed by atoms with Crippen molar-refractivity contribution in [2.45, 2.75) is 19.4 Å². The fraction of sp³-hybridized carbons (Fsp3) is 0.200. The molecule has 20 heavy (non-hydrogen) atoms. The first kappa shape index (κ1) is 15.1. The fourth-order valence-corrected chi connectivity index (χ4v) is 2.44. The average molecular weight is 345 g/mol. The second-order valence-corrected chi connectivity index (χ2v) is 5.40. The molecule has 1 unspecified atom stereocenters. The summed E-state index contributed by atoms with van der Waals surface area (Å²) in [7, 11) is 0. The SMILES string of the molecule is Cc1cc(F)ccc1C(O)Cc1c(F)ccc(Br)c1F. The number of aryl methyl sites for hydroxylation is 1. The van der Waals surface area contributed by atoms with Gasteiger partial charge >= 0.3 is 0 Å². The largest absolute Gasteiger partial charge is 0.388 e. The second-order valence-electron chi connectivity index (χ2n) is 4.54. The summed E-state index contributed by atoms with van der Waals surface area (Å²) >= 11 is 2.98. The van der Waals surface area contributed by atoms with E-state index < -0.39 is 23.6 Å². The summed E-state index contributed by atoms with van der Waals surface area (Å²) in [6.45, 7) is 1.63. The van der Waals surface area contributed by atoms with E-state index in [4.69, 9.17) is 0 Å². The van der Waals surface area contributed by atoms with Gasteiger partial charge in [-0.2, -0.15) is 0 Å². The van der Waals surface area contributed by atoms with Crippen molar-refractivity contribution in [2.75, 3.05) is 0 Å². The van der Waals surface area contributed by atoms with Crippen molar-refractivity contribution >= 4 is 15.9 Å². The maximum atomic E-state index is 13.8. The standard InChI is InChI=1S/C15H12BrF3O/c1-8-6-9(17)2-3-10(8)14(20)7-11-13(18)5-4-12(16)15(11)19/h2-6,14,20H,7H2,1H3. The van der Waals surface area contributed by atoms with Crippen LogP contribution in [0.1, 0.15) is 22.8 Å². The molecule has 1 atom stereocenters. The van der Waals surface area contributed by atoms with Gasteiger partial charge in [0.2, 0.25) is 0 Å². The Kier molecular flexibility index (Phi) is 4.50. The maximum Gasteiger partial charge on any atom is 0.143 e. The lowest BCUT2D eigenvalue weighted by Crippen LogP contribution is -2.08. The van der Waals surface area contributed by atoms with E-state index in [9.17, 15) is 18.3 Å². The molecule has 106 valence electrons. The number of hydrogen-bond acceptors (Lipinski definition) is 1. The molecule has 0 aromatic heterocycles. The second kappa shape index (κ2) is 5.97. The Balaban J connectivity index is 2.32. The summed E-state index contributed by atoms with van der Waals surface area (Å²) in [5.41, 5.74) is 0.786. The average Bonchev–Trinajstić information content (AvgIpc) is 2.39. The van der Waals surface area contributed by atoms with Crippen LogP contribution in [0.3, 0.4) is 0 Å². The zero-order chi connectivity index (χ0) is 14.9. The van der Waals surface area contributed by atoms with Gasteiger partial charge in [0.05, 0.1) is 10.6 Å². The molecule has 2 rings (SSSR count). The molecular formula is C15H12BrF3O. The fourth-order valence-electron chi connectivity index (χ4n) is 2.07. The summed E-state index contributed by atoms with van der Waals surface area (Å²) in [6.07, 6.45) is -1.32. The van der Waals surface area contributed by atoms with Crippen molar-refractivity contribution in [3.8, 4) is 0 Å². The molecule has 1 nitrogen and oxygen atoms in total. The molecule has 0 radical (unpaired) electrons. The summed E-state index contributed by atoms with van der Waals surface area (Å²) in [5.74, 6) is -1.87. The number of halogens is 4. The summed E-state index contributed by atoms with van der Waals surface area (Å²) in [6, 6.07) is 6.30. The van der Waals surface area contributed by atoms with Crippen LogP contribution >= 0.6 is 15.9 Å². The molecule has 0 aliphatic heterocycles. The lowest BCUT2D eigenvalue weighted by Gasteiger charge is -2.15. The number of aliphatic hydroxyl groups is 1. The topological polar surface area (TPSA) is 20.2 Å². The zero-order valence-corrected chi connectivity index (χ0v) is 12.2. The minimum absolute atomic E-state index is 0.136. The van der Waals surface area contributed by atoms with E-state index in [-0.39, 0.29) is 16.5 Å². The van der Waals surface area contributed by atoms with Gasteiger partial charge in [-0.15, -0.1) is 0 Å². The van der Waals surface area contributed by atoms with Crippen molar-refractivity contribution in [3.05, 3.63) is 68.9 Å². The predicted octanol–water partition coefficient (Wildman–Crippen LogP) is 4.45. The van der Waals surface area contributed by atoms with E-state index >= 15 is 0 Å². The van der Waals surface area contributed by atoms with E-state index in [1.165, 1.54) is 24.3 Å². The van der Waals surface area contributed by atoms with E-state index in [2.05, 4.69) is 15.9 Å². The number of hydrogen-bond donors (Lipinski definition) is 1. The summed E-state index contributed by atoms with van der Waals surface area (Å²) in [4.78, 5) is 0. The van der Waals surface area contributed by atoms with Crippen LogP contribution in [0.4, 0.5) is 13.2 Å². The van der Waals surface area contributed by atoms with E-state index in [1.54, 1.807) is 6.92 Å². The van der Waals surface area contributed by atoms with Gasteiger partial charge in [0, 0.05) is 12.0 Å². The minimum Gasteiger partial charge on any atom is -0.388 e.